The van der Waals surface area contributed by atoms with E-state index in [0.29, 0.717) is 22.2 Å². The number of carbonyl (C=O) groups is 1. The molecule has 1 fully saturated rings. The lowest BCUT2D eigenvalue weighted by Gasteiger charge is -2.39. The molecule has 1 amide bonds. The molecule has 0 radical (unpaired) electrons. The van der Waals surface area contributed by atoms with Crippen molar-refractivity contribution in [3.8, 4) is 0 Å². The van der Waals surface area contributed by atoms with Crippen LogP contribution in [0, 0.1) is 0 Å². The Morgan fingerprint density at radius 1 is 1.00 bits per heavy atom. The molecule has 0 spiro atoms. The van der Waals surface area contributed by atoms with Crippen molar-refractivity contribution in [1.29, 1.82) is 0 Å². The van der Waals surface area contributed by atoms with Gasteiger partial charge in [0.1, 0.15) is 6.17 Å². The molecule has 148 valence electrons. The van der Waals surface area contributed by atoms with Crippen LogP contribution in [-0.4, -0.2) is 55.1 Å². The van der Waals surface area contributed by atoms with Crippen LogP contribution in [0.5, 0.6) is 0 Å². The van der Waals surface area contributed by atoms with Crippen molar-refractivity contribution in [1.82, 2.24) is 9.80 Å². The van der Waals surface area contributed by atoms with E-state index in [1.54, 1.807) is 12.1 Å². The molecule has 28 heavy (non-hydrogen) atoms. The standard InChI is InChI=1S/C21H23Cl2N3O2/c22-16-6-3-7-17(23)19(16)20-24-18-8-2-1-5-15(18)21(27)26(20)10-4-9-25-11-13-28-14-12-25/h1-3,5-8,20,24H,4,9-14H2. The van der Waals surface area contributed by atoms with Crippen LogP contribution < -0.4 is 5.32 Å². The van der Waals surface area contributed by atoms with Crippen molar-refractivity contribution < 1.29 is 9.53 Å². The molecule has 2 aromatic carbocycles. The van der Waals surface area contributed by atoms with Gasteiger partial charge in [-0.25, -0.2) is 0 Å². The Bertz CT molecular complexity index is 835. The summed E-state index contributed by atoms with van der Waals surface area (Å²) >= 11 is 12.9. The molecule has 5 nitrogen and oxygen atoms in total. The Kier molecular flexibility index (Phi) is 6.07. The van der Waals surface area contributed by atoms with E-state index in [0.717, 1.165) is 50.5 Å². The molecule has 1 unspecified atom stereocenters. The zero-order valence-corrected chi connectivity index (χ0v) is 17.0. The first kappa shape index (κ1) is 19.5. The van der Waals surface area contributed by atoms with E-state index < -0.39 is 6.17 Å². The summed E-state index contributed by atoms with van der Waals surface area (Å²) in [6, 6.07) is 13.0. The number of benzene rings is 2. The average molecular weight is 420 g/mol. The molecule has 2 aliphatic heterocycles. The van der Waals surface area contributed by atoms with Gasteiger partial charge >= 0.3 is 0 Å². The molecule has 0 saturated carbocycles. The summed E-state index contributed by atoms with van der Waals surface area (Å²) in [6.07, 6.45) is 0.474. The Labute approximate surface area is 175 Å². The van der Waals surface area contributed by atoms with Crippen LogP contribution in [0.1, 0.15) is 28.5 Å². The number of rotatable bonds is 5. The molecule has 0 aliphatic carbocycles. The number of halogens is 2. The summed E-state index contributed by atoms with van der Waals surface area (Å²) in [5, 5.41) is 4.57. The van der Waals surface area contributed by atoms with Crippen LogP contribution in [-0.2, 0) is 4.74 Å². The van der Waals surface area contributed by atoms with Gasteiger partial charge in [0.25, 0.3) is 5.91 Å². The van der Waals surface area contributed by atoms with E-state index in [1.807, 2.05) is 35.2 Å². The molecule has 2 aliphatic rings. The quantitative estimate of drug-likeness (QED) is 0.784. The minimum absolute atomic E-state index is 0.00249. The topological polar surface area (TPSA) is 44.8 Å². The minimum Gasteiger partial charge on any atom is -0.379 e. The van der Waals surface area contributed by atoms with Crippen molar-refractivity contribution in [3.05, 3.63) is 63.6 Å². The average Bonchev–Trinajstić information content (AvgIpc) is 2.71. The highest BCUT2D eigenvalue weighted by Crippen LogP contribution is 2.39. The van der Waals surface area contributed by atoms with Crippen molar-refractivity contribution >= 4 is 34.8 Å². The molecule has 4 rings (SSSR count). The number of nitrogens with one attached hydrogen (secondary N) is 1. The van der Waals surface area contributed by atoms with Gasteiger partial charge in [-0.1, -0.05) is 41.4 Å². The van der Waals surface area contributed by atoms with Gasteiger partial charge in [-0.05, 0) is 30.7 Å². The number of para-hydroxylation sites is 1. The number of ether oxygens (including phenoxy) is 1. The van der Waals surface area contributed by atoms with Gasteiger partial charge < -0.3 is 15.0 Å². The van der Waals surface area contributed by atoms with Gasteiger partial charge in [0.2, 0.25) is 0 Å². The lowest BCUT2D eigenvalue weighted by molar-refractivity contribution is 0.0348. The Balaban J connectivity index is 1.59. The van der Waals surface area contributed by atoms with Crippen LogP contribution in [0.4, 0.5) is 5.69 Å². The maximum atomic E-state index is 13.3. The molecule has 0 bridgehead atoms. The second-order valence-corrected chi connectivity index (χ2v) is 7.85. The molecule has 2 aromatic rings. The van der Waals surface area contributed by atoms with Gasteiger partial charge in [-0.3, -0.25) is 9.69 Å². The molecular weight excluding hydrogens is 397 g/mol. The summed E-state index contributed by atoms with van der Waals surface area (Å²) in [7, 11) is 0. The third-order valence-corrected chi connectivity index (χ3v) is 5.93. The summed E-state index contributed by atoms with van der Waals surface area (Å²) in [6.45, 7) is 4.97. The molecule has 0 aromatic heterocycles. The number of amides is 1. The zero-order chi connectivity index (χ0) is 19.5. The van der Waals surface area contributed by atoms with Crippen LogP contribution in [0.25, 0.3) is 0 Å². The van der Waals surface area contributed by atoms with Gasteiger partial charge in [-0.2, -0.15) is 0 Å². The maximum Gasteiger partial charge on any atom is 0.257 e. The number of hydrogen-bond acceptors (Lipinski definition) is 4. The largest absolute Gasteiger partial charge is 0.379 e. The summed E-state index contributed by atoms with van der Waals surface area (Å²) < 4.78 is 5.41. The first-order valence-electron chi connectivity index (χ1n) is 9.55. The number of anilines is 1. The normalized spacial score (nSPS) is 20.0. The van der Waals surface area contributed by atoms with Crippen molar-refractivity contribution in [3.63, 3.8) is 0 Å². The predicted molar refractivity (Wildman–Crippen MR) is 112 cm³/mol. The van der Waals surface area contributed by atoms with Gasteiger partial charge in [0.15, 0.2) is 0 Å². The van der Waals surface area contributed by atoms with Crippen LogP contribution >= 0.6 is 23.2 Å². The van der Waals surface area contributed by atoms with E-state index in [1.165, 1.54) is 0 Å². The molecule has 2 heterocycles. The highest BCUT2D eigenvalue weighted by Gasteiger charge is 2.34. The molecule has 1 N–H and O–H groups in total. The lowest BCUT2D eigenvalue weighted by Crippen LogP contribution is -2.45. The maximum absolute atomic E-state index is 13.3. The first-order chi connectivity index (χ1) is 13.6. The Hall–Kier alpha value is -1.79. The van der Waals surface area contributed by atoms with Gasteiger partial charge in [-0.15, -0.1) is 0 Å². The number of carbonyl (C=O) groups excluding carboxylic acids is 1. The highest BCUT2D eigenvalue weighted by molar-refractivity contribution is 6.36. The Morgan fingerprint density at radius 3 is 2.46 bits per heavy atom. The monoisotopic (exact) mass is 419 g/mol. The third kappa shape index (κ3) is 3.98. The number of hydrogen-bond donors (Lipinski definition) is 1. The van der Waals surface area contributed by atoms with E-state index in [-0.39, 0.29) is 5.91 Å². The second kappa shape index (κ2) is 8.70. The fourth-order valence-corrected chi connectivity index (χ4v) is 4.42. The van der Waals surface area contributed by atoms with E-state index in [9.17, 15) is 4.79 Å². The van der Waals surface area contributed by atoms with E-state index in [4.69, 9.17) is 27.9 Å². The summed E-state index contributed by atoms with van der Waals surface area (Å²) in [5.74, 6) is -0.00249. The van der Waals surface area contributed by atoms with Crippen LogP contribution in [0.15, 0.2) is 42.5 Å². The van der Waals surface area contributed by atoms with Crippen molar-refractivity contribution in [2.24, 2.45) is 0 Å². The summed E-state index contributed by atoms with van der Waals surface area (Å²) in [4.78, 5) is 17.5. The number of nitrogens with zero attached hydrogens (tertiary/aromatic N) is 2. The second-order valence-electron chi connectivity index (χ2n) is 7.03. The molecular formula is C21H23Cl2N3O2. The summed E-state index contributed by atoms with van der Waals surface area (Å²) in [5.41, 5.74) is 2.21. The van der Waals surface area contributed by atoms with Crippen LogP contribution in [0.3, 0.4) is 0 Å². The molecule has 7 heteroatoms. The van der Waals surface area contributed by atoms with Gasteiger partial charge in [0.05, 0.1) is 18.8 Å². The zero-order valence-electron chi connectivity index (χ0n) is 15.5. The highest BCUT2D eigenvalue weighted by atomic mass is 35.5. The molecule has 1 atom stereocenters. The van der Waals surface area contributed by atoms with Crippen molar-refractivity contribution in [2.75, 3.05) is 44.7 Å². The third-order valence-electron chi connectivity index (χ3n) is 5.27. The van der Waals surface area contributed by atoms with Crippen LogP contribution in [0.2, 0.25) is 10.0 Å². The lowest BCUT2D eigenvalue weighted by atomic mass is 10.0. The van der Waals surface area contributed by atoms with Crippen molar-refractivity contribution in [2.45, 2.75) is 12.6 Å². The fourth-order valence-electron chi connectivity index (χ4n) is 3.81. The number of morpholine rings is 1. The predicted octanol–water partition coefficient (Wildman–Crippen LogP) is 4.28. The SMILES string of the molecule is O=C1c2ccccc2NC(c2c(Cl)cccc2Cl)N1CCCN1CCOCC1. The number of fused-ring (bicyclic) bond motifs is 1. The smallest absolute Gasteiger partial charge is 0.257 e. The first-order valence-corrected chi connectivity index (χ1v) is 10.3. The fraction of sp³-hybridized carbons (Fsp3) is 0.381. The minimum atomic E-state index is -0.395. The van der Waals surface area contributed by atoms with E-state index >= 15 is 0 Å². The van der Waals surface area contributed by atoms with E-state index in [2.05, 4.69) is 10.2 Å². The molecule has 1 saturated heterocycles. The Morgan fingerprint density at radius 2 is 1.71 bits per heavy atom. The van der Waals surface area contributed by atoms with Gasteiger partial charge in [0, 0.05) is 47.5 Å².